The van der Waals surface area contributed by atoms with Crippen LogP contribution >= 0.6 is 0 Å². The van der Waals surface area contributed by atoms with Gasteiger partial charge in [0.05, 0.1) is 13.2 Å². The van der Waals surface area contributed by atoms with Crippen molar-refractivity contribution in [3.8, 4) is 0 Å². The number of urea groups is 1. The maximum Gasteiger partial charge on any atom is 0.325 e. The summed E-state index contributed by atoms with van der Waals surface area (Å²) in [5.41, 5.74) is 0. The van der Waals surface area contributed by atoms with Gasteiger partial charge in [-0.05, 0) is 13.3 Å². The van der Waals surface area contributed by atoms with Crippen molar-refractivity contribution >= 4 is 17.9 Å². The van der Waals surface area contributed by atoms with Gasteiger partial charge in [-0.1, -0.05) is 6.92 Å². The number of nitrogens with one attached hydrogen (secondary N) is 2. The van der Waals surface area contributed by atoms with Crippen molar-refractivity contribution in [2.45, 2.75) is 32.4 Å². The maximum absolute atomic E-state index is 12.0. The van der Waals surface area contributed by atoms with Crippen molar-refractivity contribution in [3.63, 3.8) is 0 Å². The molecule has 3 N–H and O–H groups in total. The Hall–Kier alpha value is -1.83. The van der Waals surface area contributed by atoms with Crippen molar-refractivity contribution in [2.75, 3.05) is 26.3 Å². The van der Waals surface area contributed by atoms with Crippen LogP contribution in [0.2, 0.25) is 0 Å². The molecule has 0 aromatic heterocycles. The first kappa shape index (κ1) is 16.2. The van der Waals surface area contributed by atoms with Gasteiger partial charge in [0, 0.05) is 13.1 Å². The Morgan fingerprint density at radius 3 is 2.75 bits per heavy atom. The molecule has 2 atom stereocenters. The maximum atomic E-state index is 12.0. The Labute approximate surface area is 117 Å². The molecule has 1 aliphatic heterocycles. The molecule has 1 heterocycles. The Kier molecular flexibility index (Phi) is 6.23. The molecule has 1 aliphatic rings. The largest absolute Gasteiger partial charge is 0.480 e. The van der Waals surface area contributed by atoms with Gasteiger partial charge < -0.3 is 25.4 Å². The minimum atomic E-state index is -1.13. The summed E-state index contributed by atoms with van der Waals surface area (Å²) in [6, 6.07) is -2.30. The Morgan fingerprint density at radius 1 is 1.45 bits per heavy atom. The zero-order valence-corrected chi connectivity index (χ0v) is 11.7. The molecular formula is C12H21N3O5. The molecule has 1 rings (SSSR count). The van der Waals surface area contributed by atoms with Crippen LogP contribution in [-0.2, 0) is 14.3 Å². The van der Waals surface area contributed by atoms with Crippen molar-refractivity contribution in [3.05, 3.63) is 0 Å². The van der Waals surface area contributed by atoms with Crippen molar-refractivity contribution in [2.24, 2.45) is 0 Å². The van der Waals surface area contributed by atoms with Crippen LogP contribution in [0.25, 0.3) is 0 Å². The number of carboxylic acids is 1. The molecule has 1 saturated heterocycles. The predicted octanol–water partition coefficient (Wildman–Crippen LogP) is -0.604. The van der Waals surface area contributed by atoms with Gasteiger partial charge in [0.1, 0.15) is 12.1 Å². The number of amides is 3. The predicted molar refractivity (Wildman–Crippen MR) is 70.2 cm³/mol. The molecule has 20 heavy (non-hydrogen) atoms. The number of hydrogen-bond acceptors (Lipinski definition) is 4. The van der Waals surface area contributed by atoms with E-state index in [0.717, 1.165) is 6.42 Å². The SMILES string of the molecule is CCCNC(=O)C1COCCN1C(=O)NC(C)C(=O)O. The summed E-state index contributed by atoms with van der Waals surface area (Å²) < 4.78 is 5.22. The molecule has 2 unspecified atom stereocenters. The second-order valence-corrected chi connectivity index (χ2v) is 4.58. The molecular weight excluding hydrogens is 266 g/mol. The third kappa shape index (κ3) is 4.37. The molecule has 114 valence electrons. The lowest BCUT2D eigenvalue weighted by atomic mass is 10.2. The molecule has 1 fully saturated rings. The monoisotopic (exact) mass is 287 g/mol. The number of hydrogen-bond donors (Lipinski definition) is 3. The molecule has 0 aromatic rings. The fourth-order valence-corrected chi connectivity index (χ4v) is 1.76. The van der Waals surface area contributed by atoms with Gasteiger partial charge in [-0.2, -0.15) is 0 Å². The van der Waals surface area contributed by atoms with Crippen molar-refractivity contribution in [1.82, 2.24) is 15.5 Å². The first-order chi connectivity index (χ1) is 9.47. The zero-order valence-electron chi connectivity index (χ0n) is 11.7. The van der Waals surface area contributed by atoms with E-state index in [-0.39, 0.29) is 19.1 Å². The van der Waals surface area contributed by atoms with Gasteiger partial charge in [0.15, 0.2) is 0 Å². The minimum Gasteiger partial charge on any atom is -0.480 e. The third-order valence-corrected chi connectivity index (χ3v) is 2.95. The van der Waals surface area contributed by atoms with E-state index in [9.17, 15) is 14.4 Å². The molecule has 0 radical (unpaired) electrons. The number of morpholine rings is 1. The zero-order chi connectivity index (χ0) is 15.1. The van der Waals surface area contributed by atoms with Gasteiger partial charge in [-0.3, -0.25) is 9.59 Å². The Morgan fingerprint density at radius 2 is 2.15 bits per heavy atom. The third-order valence-electron chi connectivity index (χ3n) is 2.95. The first-order valence-electron chi connectivity index (χ1n) is 6.62. The summed E-state index contributed by atoms with van der Waals surface area (Å²) in [7, 11) is 0. The molecule has 0 spiro atoms. The van der Waals surface area contributed by atoms with Crippen LogP contribution in [0, 0.1) is 0 Å². The second kappa shape index (κ2) is 7.68. The molecule has 8 heteroatoms. The fraction of sp³-hybridized carbons (Fsp3) is 0.750. The molecule has 0 bridgehead atoms. The van der Waals surface area contributed by atoms with Gasteiger partial charge >= 0.3 is 12.0 Å². The first-order valence-corrected chi connectivity index (χ1v) is 6.62. The van der Waals surface area contributed by atoms with Crippen molar-refractivity contribution in [1.29, 1.82) is 0 Å². The number of aliphatic carboxylic acids is 1. The normalized spacial score (nSPS) is 20.1. The minimum absolute atomic E-state index is 0.115. The topological polar surface area (TPSA) is 108 Å². The smallest absolute Gasteiger partial charge is 0.325 e. The van der Waals surface area contributed by atoms with Gasteiger partial charge in [-0.15, -0.1) is 0 Å². The van der Waals surface area contributed by atoms with Crippen molar-refractivity contribution < 1.29 is 24.2 Å². The highest BCUT2D eigenvalue weighted by molar-refractivity contribution is 5.89. The Bertz CT molecular complexity index is 374. The molecule has 0 saturated carbocycles. The molecule has 0 aromatic carbocycles. The summed E-state index contributed by atoms with van der Waals surface area (Å²) in [5, 5.41) is 13.8. The second-order valence-electron chi connectivity index (χ2n) is 4.58. The molecule has 8 nitrogen and oxygen atoms in total. The summed E-state index contributed by atoms with van der Waals surface area (Å²) in [5.74, 6) is -1.41. The van der Waals surface area contributed by atoms with E-state index in [1.165, 1.54) is 11.8 Å². The van der Waals surface area contributed by atoms with Gasteiger partial charge in [-0.25, -0.2) is 4.79 Å². The number of carbonyl (C=O) groups excluding carboxylic acids is 2. The molecule has 0 aliphatic carbocycles. The van der Waals surface area contributed by atoms with Crippen LogP contribution in [-0.4, -0.2) is 66.3 Å². The van der Waals surface area contributed by atoms with Crippen LogP contribution in [0.4, 0.5) is 4.79 Å². The lowest BCUT2D eigenvalue weighted by molar-refractivity contribution is -0.138. The van der Waals surface area contributed by atoms with Crippen LogP contribution in [0.5, 0.6) is 0 Å². The number of nitrogens with zero attached hydrogens (tertiary/aromatic N) is 1. The van der Waals surface area contributed by atoms with Crippen LogP contribution in [0.3, 0.4) is 0 Å². The lowest BCUT2D eigenvalue weighted by Gasteiger charge is -2.34. The average molecular weight is 287 g/mol. The number of carbonyl (C=O) groups is 3. The van der Waals surface area contributed by atoms with Crippen LogP contribution in [0.15, 0.2) is 0 Å². The quantitative estimate of drug-likeness (QED) is 0.625. The van der Waals surface area contributed by atoms with Gasteiger partial charge in [0.25, 0.3) is 0 Å². The number of ether oxygens (including phenoxy) is 1. The van der Waals surface area contributed by atoms with E-state index in [1.807, 2.05) is 6.92 Å². The summed E-state index contributed by atoms with van der Waals surface area (Å²) in [6.45, 7) is 4.51. The van der Waals surface area contributed by atoms with E-state index in [0.29, 0.717) is 13.2 Å². The lowest BCUT2D eigenvalue weighted by Crippen LogP contribution is -2.59. The van der Waals surface area contributed by atoms with E-state index in [1.54, 1.807) is 0 Å². The highest BCUT2D eigenvalue weighted by Crippen LogP contribution is 2.08. The summed E-state index contributed by atoms with van der Waals surface area (Å²) in [4.78, 5) is 36.0. The van der Waals surface area contributed by atoms with Gasteiger partial charge in [0.2, 0.25) is 5.91 Å². The standard InChI is InChI=1S/C12H21N3O5/c1-3-4-13-10(16)9-7-20-6-5-15(9)12(19)14-8(2)11(17)18/h8-9H,3-7H2,1-2H3,(H,13,16)(H,14,19)(H,17,18). The van der Waals surface area contributed by atoms with E-state index < -0.39 is 24.1 Å². The Balaban J connectivity index is 2.65. The highest BCUT2D eigenvalue weighted by atomic mass is 16.5. The number of rotatable bonds is 5. The van der Waals surface area contributed by atoms with Crippen LogP contribution in [0.1, 0.15) is 20.3 Å². The van der Waals surface area contributed by atoms with E-state index in [4.69, 9.17) is 9.84 Å². The number of carboxylic acid groups (broad SMARTS) is 1. The molecule has 3 amide bonds. The fourth-order valence-electron chi connectivity index (χ4n) is 1.76. The van der Waals surface area contributed by atoms with E-state index in [2.05, 4.69) is 10.6 Å². The summed E-state index contributed by atoms with van der Waals surface area (Å²) >= 11 is 0. The van der Waals surface area contributed by atoms with E-state index >= 15 is 0 Å². The average Bonchev–Trinajstić information content (AvgIpc) is 2.44. The van der Waals surface area contributed by atoms with Crippen LogP contribution < -0.4 is 10.6 Å². The highest BCUT2D eigenvalue weighted by Gasteiger charge is 2.33. The summed E-state index contributed by atoms with van der Waals surface area (Å²) in [6.07, 6.45) is 0.793.